The predicted molar refractivity (Wildman–Crippen MR) is 226 cm³/mol. The standard InChI is InChI=1S/C44H51N7O13/c45-31-14-21(7-10-47-31)9-12-61-40-37(59)36(58)30(18-54)63-43(40)64-38-24(15-23-3-1-2-4-29(23)51-20-48-33-41(51)49-44(46)50-42(33)60)16-28-32(39(38)62-19-25(55)8-11-52)35(57)27-13-22(17-53)5-6-26(27)34(28)56/h1-7,11,13-14,16,25,30,33,36-37,40-41,43-44,47-49,53-55,58-59H,8-10,12,15,17-20,45-46H2,(H,50,60)/t25-,30+,33+,36+,37-,40+,41+,43-,44-/m1/s1. The van der Waals surface area contributed by atoms with Crippen molar-refractivity contribution in [3.8, 4) is 11.5 Å². The van der Waals surface area contributed by atoms with Gasteiger partial charge in [-0.3, -0.25) is 30.8 Å². The largest absolute Gasteiger partial charge is 0.486 e. The molecule has 64 heavy (non-hydrogen) atoms. The number of carbonyl (C=O) groups is 4. The molecule has 0 unspecified atom stereocenters. The molecule has 5 aliphatic rings. The number of dihydropyridines is 1. The zero-order chi connectivity index (χ0) is 45.2. The Kier molecular flexibility index (Phi) is 13.4. The average Bonchev–Trinajstić information content (AvgIpc) is 3.71. The van der Waals surface area contributed by atoms with Gasteiger partial charge in [0.2, 0.25) is 12.2 Å². The molecule has 0 spiro atoms. The molecule has 3 aromatic carbocycles. The molecule has 20 heteroatoms. The lowest BCUT2D eigenvalue weighted by molar-refractivity contribution is -0.287. The topological polar surface area (TPSA) is 310 Å². The van der Waals surface area contributed by atoms with E-state index in [9.17, 15) is 44.7 Å². The van der Waals surface area contributed by atoms with Crippen LogP contribution in [0, 0.1) is 0 Å². The molecular formula is C44H51N7O13. The first-order chi connectivity index (χ1) is 30.9. The van der Waals surface area contributed by atoms with Gasteiger partial charge in [0, 0.05) is 47.3 Å². The molecule has 3 fully saturated rings. The van der Waals surface area contributed by atoms with E-state index in [4.69, 9.17) is 30.4 Å². The summed E-state index contributed by atoms with van der Waals surface area (Å²) in [6, 6.07) is 12.5. The summed E-state index contributed by atoms with van der Waals surface area (Å²) >= 11 is 0. The molecule has 13 N–H and O–H groups in total. The lowest BCUT2D eigenvalue weighted by atomic mass is 9.81. The highest BCUT2D eigenvalue weighted by atomic mass is 16.7. The third kappa shape index (κ3) is 8.84. The Morgan fingerprint density at radius 3 is 2.56 bits per heavy atom. The average molecular weight is 886 g/mol. The van der Waals surface area contributed by atoms with Gasteiger partial charge in [0.15, 0.2) is 23.1 Å². The maximum absolute atomic E-state index is 14.7. The van der Waals surface area contributed by atoms with Crippen LogP contribution < -0.4 is 47.1 Å². The SMILES string of the molecule is NC1=CC(CCO[C@@H]2[C@@H](Oc3c(Cc4ccccc4N4CN[C@@H]5C(=O)N[C@H](N)N[C@H]54)cc4c(c3OC[C@H](O)CC=O)C(=O)c3cc(CO)ccc3C4=O)O[C@@H](CO)[C@H](O)[C@H]2O)=CCN1. The second-order valence-electron chi connectivity index (χ2n) is 16.1. The number of aldehydes is 1. The molecule has 1 aliphatic carbocycles. The highest BCUT2D eigenvalue weighted by molar-refractivity contribution is 6.29. The molecule has 0 radical (unpaired) electrons. The summed E-state index contributed by atoms with van der Waals surface area (Å²) < 4.78 is 25.2. The smallest absolute Gasteiger partial charge is 0.242 e. The van der Waals surface area contributed by atoms with Crippen molar-refractivity contribution < 1.29 is 63.7 Å². The van der Waals surface area contributed by atoms with E-state index < -0.39 is 86.7 Å². The van der Waals surface area contributed by atoms with Crippen molar-refractivity contribution in [1.82, 2.24) is 21.3 Å². The Bertz CT molecular complexity index is 2360. The number of carbonyl (C=O) groups excluding carboxylic acids is 4. The molecule has 8 rings (SSSR count). The first-order valence-electron chi connectivity index (χ1n) is 20.9. The number of benzene rings is 3. The molecule has 3 saturated heterocycles. The van der Waals surface area contributed by atoms with Crippen molar-refractivity contribution in [3.63, 3.8) is 0 Å². The van der Waals surface area contributed by atoms with Crippen molar-refractivity contribution >= 4 is 29.4 Å². The fourth-order valence-corrected chi connectivity index (χ4v) is 8.61. The van der Waals surface area contributed by atoms with Gasteiger partial charge in [-0.25, -0.2) is 0 Å². The van der Waals surface area contributed by atoms with Gasteiger partial charge in [-0.15, -0.1) is 0 Å². The number of rotatable bonds is 16. The third-order valence-corrected chi connectivity index (χ3v) is 11.8. The van der Waals surface area contributed by atoms with Gasteiger partial charge in [0.05, 0.1) is 44.0 Å². The second kappa shape index (κ2) is 19.1. The van der Waals surface area contributed by atoms with Crippen LogP contribution in [0.15, 0.2) is 72.1 Å². The minimum absolute atomic E-state index is 0.0125. The summed E-state index contributed by atoms with van der Waals surface area (Å²) in [5, 5.41) is 65.6. The van der Waals surface area contributed by atoms with Gasteiger partial charge in [-0.1, -0.05) is 30.3 Å². The van der Waals surface area contributed by atoms with Crippen molar-refractivity contribution in [2.45, 2.75) is 81.2 Å². The van der Waals surface area contributed by atoms with E-state index in [1.807, 2.05) is 29.2 Å². The first-order valence-corrected chi connectivity index (χ1v) is 20.9. The van der Waals surface area contributed by atoms with E-state index in [2.05, 4.69) is 21.3 Å². The van der Waals surface area contributed by atoms with Gasteiger partial charge < -0.3 is 70.5 Å². The Labute approximate surface area is 366 Å². The van der Waals surface area contributed by atoms with Crippen molar-refractivity contribution in [2.75, 3.05) is 37.9 Å². The van der Waals surface area contributed by atoms with Gasteiger partial charge in [-0.05, 0) is 53.5 Å². The van der Waals surface area contributed by atoms with Crippen LogP contribution in [0.1, 0.15) is 61.4 Å². The van der Waals surface area contributed by atoms with Gasteiger partial charge in [0.25, 0.3) is 0 Å². The molecule has 340 valence electrons. The number of ether oxygens (including phenoxy) is 4. The van der Waals surface area contributed by atoms with Gasteiger partial charge in [-0.2, -0.15) is 0 Å². The minimum atomic E-state index is -1.67. The molecule has 4 heterocycles. The number of ketones is 2. The fourth-order valence-electron chi connectivity index (χ4n) is 8.61. The van der Waals surface area contributed by atoms with E-state index in [1.54, 1.807) is 12.1 Å². The lowest BCUT2D eigenvalue weighted by Crippen LogP contribution is -2.70. The van der Waals surface area contributed by atoms with E-state index in [0.29, 0.717) is 41.9 Å². The van der Waals surface area contributed by atoms with Crippen LogP contribution in [0.4, 0.5) is 5.69 Å². The molecule has 0 saturated carbocycles. The molecule has 20 nitrogen and oxygen atoms in total. The van der Waals surface area contributed by atoms with Gasteiger partial charge in [0.1, 0.15) is 55.8 Å². The quantitative estimate of drug-likeness (QED) is 0.0533. The maximum atomic E-state index is 14.7. The fraction of sp³-hybridized carbons (Fsp3) is 0.409. The normalized spacial score (nSPS) is 26.7. The lowest BCUT2D eigenvalue weighted by Gasteiger charge is -2.42. The number of hydrogen-bond donors (Lipinski definition) is 11. The number of nitrogens with two attached hydrogens (primary N) is 2. The third-order valence-electron chi connectivity index (χ3n) is 11.8. The Hall–Kier alpha value is -5.78. The summed E-state index contributed by atoms with van der Waals surface area (Å²) in [5.74, 6) is -1.55. The van der Waals surface area contributed by atoms with E-state index in [-0.39, 0.29) is 71.3 Å². The maximum Gasteiger partial charge on any atom is 0.242 e. The van der Waals surface area contributed by atoms with Crippen LogP contribution in [0.5, 0.6) is 11.5 Å². The summed E-state index contributed by atoms with van der Waals surface area (Å²) in [6.07, 6.45) is -6.33. The van der Waals surface area contributed by atoms with Crippen LogP contribution >= 0.6 is 0 Å². The number of aliphatic hydroxyl groups excluding tert-OH is 5. The zero-order valence-electron chi connectivity index (χ0n) is 34.5. The summed E-state index contributed by atoms with van der Waals surface area (Å²) in [4.78, 5) is 55.5. The highest BCUT2D eigenvalue weighted by Crippen LogP contribution is 2.45. The Morgan fingerprint density at radius 2 is 1.80 bits per heavy atom. The first kappa shape index (κ1) is 44.8. The van der Waals surface area contributed by atoms with E-state index in [1.165, 1.54) is 24.3 Å². The molecule has 0 aromatic heterocycles. The molecule has 9 atom stereocenters. The second-order valence-corrected chi connectivity index (χ2v) is 16.1. The molecule has 3 aromatic rings. The summed E-state index contributed by atoms with van der Waals surface area (Å²) in [7, 11) is 0. The van der Waals surface area contributed by atoms with Crippen LogP contribution in [0.3, 0.4) is 0 Å². The number of aliphatic hydroxyl groups is 5. The van der Waals surface area contributed by atoms with Crippen molar-refractivity contribution in [1.29, 1.82) is 0 Å². The Morgan fingerprint density at radius 1 is 0.984 bits per heavy atom. The number of para-hydroxylation sites is 1. The number of nitrogens with zero attached hydrogens (tertiary/aromatic N) is 1. The molecule has 1 amide bonds. The molecular weight excluding hydrogens is 835 g/mol. The molecule has 0 bridgehead atoms. The van der Waals surface area contributed by atoms with Crippen molar-refractivity contribution in [3.05, 3.63) is 111 Å². The number of fused-ring (bicyclic) bond motifs is 3. The number of hydrogen-bond acceptors (Lipinski definition) is 19. The number of amides is 1. The predicted octanol–water partition coefficient (Wildman–Crippen LogP) is -2.18. The van der Waals surface area contributed by atoms with E-state index >= 15 is 0 Å². The van der Waals surface area contributed by atoms with Crippen LogP contribution in [0.2, 0.25) is 0 Å². The monoisotopic (exact) mass is 885 g/mol. The number of allylic oxidation sites excluding steroid dienone is 1. The summed E-state index contributed by atoms with van der Waals surface area (Å²) in [6.45, 7) is -0.986. The van der Waals surface area contributed by atoms with Crippen LogP contribution in [-0.4, -0.2) is 138 Å². The Balaban J connectivity index is 1.26. The van der Waals surface area contributed by atoms with Crippen molar-refractivity contribution in [2.24, 2.45) is 11.5 Å². The van der Waals surface area contributed by atoms with Gasteiger partial charge >= 0.3 is 0 Å². The zero-order valence-corrected chi connectivity index (χ0v) is 34.5. The number of anilines is 1. The minimum Gasteiger partial charge on any atom is -0.486 e. The van der Waals surface area contributed by atoms with Crippen LogP contribution in [0.25, 0.3) is 0 Å². The van der Waals surface area contributed by atoms with Crippen LogP contribution in [-0.2, 0) is 32.1 Å². The summed E-state index contributed by atoms with van der Waals surface area (Å²) in [5.41, 5.74) is 14.6. The number of nitrogens with one attached hydrogen (secondary N) is 4. The highest BCUT2D eigenvalue weighted by Gasteiger charge is 2.48. The van der Waals surface area contributed by atoms with E-state index in [0.717, 1.165) is 5.57 Å². The molecule has 4 aliphatic heterocycles.